The van der Waals surface area contributed by atoms with Gasteiger partial charge in [-0.15, -0.1) is 25.5 Å². The molecule has 0 aliphatic heterocycles. The standard InChI is InChI=1S/C16H16N8/c1-11(15-20-17-10-23(15)2)18-13-8-9-14-19-21-16(24(14)22-13)12-6-4-3-5-7-12/h3-11H,1-2H3,(H,18,22). The van der Waals surface area contributed by atoms with E-state index < -0.39 is 0 Å². The summed E-state index contributed by atoms with van der Waals surface area (Å²) < 4.78 is 3.62. The first-order chi connectivity index (χ1) is 11.7. The number of benzene rings is 1. The van der Waals surface area contributed by atoms with E-state index in [2.05, 4.69) is 30.8 Å². The number of hydrogen-bond donors (Lipinski definition) is 1. The Hall–Kier alpha value is -3.29. The molecule has 1 atom stereocenters. The lowest BCUT2D eigenvalue weighted by Gasteiger charge is -2.13. The monoisotopic (exact) mass is 320 g/mol. The van der Waals surface area contributed by atoms with Crippen LogP contribution in [0, 0.1) is 0 Å². The topological polar surface area (TPSA) is 85.8 Å². The van der Waals surface area contributed by atoms with Gasteiger partial charge in [-0.2, -0.15) is 4.52 Å². The minimum atomic E-state index is -0.0286. The lowest BCUT2D eigenvalue weighted by atomic mass is 10.2. The van der Waals surface area contributed by atoms with Gasteiger partial charge in [-0.1, -0.05) is 30.3 Å². The van der Waals surface area contributed by atoms with Crippen LogP contribution < -0.4 is 5.32 Å². The van der Waals surface area contributed by atoms with Crippen molar-refractivity contribution >= 4 is 11.5 Å². The summed E-state index contributed by atoms with van der Waals surface area (Å²) in [6, 6.07) is 13.6. The SMILES string of the molecule is CC(Nc1ccc2nnc(-c3ccccc3)n2n1)c1nncn1C. The van der Waals surface area contributed by atoms with Crippen molar-refractivity contribution in [3.05, 3.63) is 54.6 Å². The van der Waals surface area contributed by atoms with Crippen molar-refractivity contribution in [2.75, 3.05) is 5.32 Å². The third-order valence-electron chi connectivity index (χ3n) is 3.79. The van der Waals surface area contributed by atoms with Gasteiger partial charge < -0.3 is 9.88 Å². The first kappa shape index (κ1) is 14.3. The van der Waals surface area contributed by atoms with Crippen LogP contribution in [0.5, 0.6) is 0 Å². The number of rotatable bonds is 4. The molecule has 0 amide bonds. The van der Waals surface area contributed by atoms with Crippen LogP contribution in [0.3, 0.4) is 0 Å². The zero-order chi connectivity index (χ0) is 16.5. The van der Waals surface area contributed by atoms with Gasteiger partial charge in [0.25, 0.3) is 0 Å². The van der Waals surface area contributed by atoms with Crippen molar-refractivity contribution < 1.29 is 0 Å². The molecule has 0 fully saturated rings. The molecule has 4 rings (SSSR count). The quantitative estimate of drug-likeness (QED) is 0.620. The van der Waals surface area contributed by atoms with E-state index in [9.17, 15) is 0 Å². The van der Waals surface area contributed by atoms with Crippen molar-refractivity contribution in [3.8, 4) is 11.4 Å². The van der Waals surface area contributed by atoms with Crippen LogP contribution in [0.2, 0.25) is 0 Å². The predicted molar refractivity (Wildman–Crippen MR) is 89.3 cm³/mol. The molecule has 0 radical (unpaired) electrons. The zero-order valence-electron chi connectivity index (χ0n) is 13.3. The summed E-state index contributed by atoms with van der Waals surface area (Å²) >= 11 is 0. The summed E-state index contributed by atoms with van der Waals surface area (Å²) in [7, 11) is 1.91. The second kappa shape index (κ2) is 5.73. The minimum Gasteiger partial charge on any atom is -0.359 e. The molecule has 0 saturated heterocycles. The Kier molecular flexibility index (Phi) is 3.42. The Labute approximate surface area is 138 Å². The second-order valence-corrected chi connectivity index (χ2v) is 5.54. The van der Waals surface area contributed by atoms with E-state index in [1.54, 1.807) is 10.8 Å². The second-order valence-electron chi connectivity index (χ2n) is 5.54. The highest BCUT2D eigenvalue weighted by atomic mass is 15.4. The number of fused-ring (bicyclic) bond motifs is 1. The van der Waals surface area contributed by atoms with Crippen LogP contribution in [-0.2, 0) is 7.05 Å². The van der Waals surface area contributed by atoms with Gasteiger partial charge in [0.05, 0.1) is 6.04 Å². The summed E-state index contributed by atoms with van der Waals surface area (Å²) in [5.41, 5.74) is 1.67. The molecule has 1 N–H and O–H groups in total. The van der Waals surface area contributed by atoms with Gasteiger partial charge in [0, 0.05) is 12.6 Å². The van der Waals surface area contributed by atoms with Gasteiger partial charge in [-0.25, -0.2) is 0 Å². The number of anilines is 1. The van der Waals surface area contributed by atoms with Crippen molar-refractivity contribution in [1.82, 2.24) is 34.6 Å². The van der Waals surface area contributed by atoms with E-state index in [1.165, 1.54) is 0 Å². The maximum Gasteiger partial charge on any atom is 0.185 e. The van der Waals surface area contributed by atoms with Crippen molar-refractivity contribution in [2.24, 2.45) is 7.05 Å². The highest BCUT2D eigenvalue weighted by molar-refractivity contribution is 5.59. The number of aromatic nitrogens is 7. The van der Waals surface area contributed by atoms with Crippen LogP contribution in [0.25, 0.3) is 17.0 Å². The predicted octanol–water partition coefficient (Wildman–Crippen LogP) is 2.09. The highest BCUT2D eigenvalue weighted by Crippen LogP contribution is 2.19. The summed E-state index contributed by atoms with van der Waals surface area (Å²) in [6.07, 6.45) is 1.68. The fourth-order valence-corrected chi connectivity index (χ4v) is 2.60. The molecule has 0 aliphatic carbocycles. The molecule has 3 heterocycles. The average Bonchev–Trinajstić information content (AvgIpc) is 3.21. The molecule has 1 unspecified atom stereocenters. The fourth-order valence-electron chi connectivity index (χ4n) is 2.60. The molecule has 24 heavy (non-hydrogen) atoms. The van der Waals surface area contributed by atoms with Crippen molar-refractivity contribution in [2.45, 2.75) is 13.0 Å². The lowest BCUT2D eigenvalue weighted by Crippen LogP contribution is -2.13. The van der Waals surface area contributed by atoms with Crippen molar-refractivity contribution in [3.63, 3.8) is 0 Å². The highest BCUT2D eigenvalue weighted by Gasteiger charge is 2.14. The maximum atomic E-state index is 4.61. The van der Waals surface area contributed by atoms with Crippen LogP contribution >= 0.6 is 0 Å². The molecule has 0 aliphatic rings. The van der Waals surface area contributed by atoms with E-state index in [1.807, 2.05) is 61.0 Å². The van der Waals surface area contributed by atoms with E-state index in [-0.39, 0.29) is 6.04 Å². The summed E-state index contributed by atoms with van der Waals surface area (Å²) in [5.74, 6) is 2.26. The minimum absolute atomic E-state index is 0.0286. The largest absolute Gasteiger partial charge is 0.359 e. The van der Waals surface area contributed by atoms with Gasteiger partial charge in [-0.05, 0) is 19.1 Å². The molecule has 120 valence electrons. The van der Waals surface area contributed by atoms with Gasteiger partial charge in [0.15, 0.2) is 17.3 Å². The number of aryl methyl sites for hydroxylation is 1. The Morgan fingerprint density at radius 3 is 2.58 bits per heavy atom. The third kappa shape index (κ3) is 2.47. The van der Waals surface area contributed by atoms with Crippen LogP contribution in [0.1, 0.15) is 18.8 Å². The Morgan fingerprint density at radius 1 is 1.00 bits per heavy atom. The van der Waals surface area contributed by atoms with Gasteiger partial charge in [-0.3, -0.25) is 0 Å². The molecule has 0 bridgehead atoms. The normalized spacial score (nSPS) is 12.4. The van der Waals surface area contributed by atoms with E-state index in [4.69, 9.17) is 0 Å². The molecule has 1 aromatic carbocycles. The summed E-state index contributed by atoms with van der Waals surface area (Å²) in [4.78, 5) is 0. The van der Waals surface area contributed by atoms with Crippen LogP contribution in [0.4, 0.5) is 5.82 Å². The van der Waals surface area contributed by atoms with E-state index in [0.29, 0.717) is 11.5 Å². The molecular weight excluding hydrogens is 304 g/mol. The molecule has 4 aromatic rings. The average molecular weight is 320 g/mol. The van der Waals surface area contributed by atoms with Gasteiger partial charge in [0.2, 0.25) is 0 Å². The first-order valence-electron chi connectivity index (χ1n) is 7.60. The number of nitrogens with one attached hydrogen (secondary N) is 1. The lowest BCUT2D eigenvalue weighted by molar-refractivity contribution is 0.713. The molecule has 0 saturated carbocycles. The fraction of sp³-hybridized carbons (Fsp3) is 0.188. The van der Waals surface area contributed by atoms with Crippen LogP contribution in [0.15, 0.2) is 48.8 Å². The van der Waals surface area contributed by atoms with Crippen molar-refractivity contribution in [1.29, 1.82) is 0 Å². The van der Waals surface area contributed by atoms with Crippen LogP contribution in [-0.4, -0.2) is 34.6 Å². The molecule has 8 heteroatoms. The first-order valence-corrected chi connectivity index (χ1v) is 7.60. The zero-order valence-corrected chi connectivity index (χ0v) is 13.3. The van der Waals surface area contributed by atoms with Gasteiger partial charge in [0.1, 0.15) is 12.1 Å². The Bertz CT molecular complexity index is 972. The maximum absolute atomic E-state index is 4.61. The van der Waals surface area contributed by atoms with E-state index in [0.717, 1.165) is 17.2 Å². The molecule has 3 aromatic heterocycles. The van der Waals surface area contributed by atoms with Gasteiger partial charge >= 0.3 is 0 Å². The van der Waals surface area contributed by atoms with E-state index >= 15 is 0 Å². The molecule has 0 spiro atoms. The number of nitrogens with zero attached hydrogens (tertiary/aromatic N) is 7. The summed E-state index contributed by atoms with van der Waals surface area (Å²) in [6.45, 7) is 2.01. The summed E-state index contributed by atoms with van der Waals surface area (Å²) in [5, 5.41) is 24.4. The third-order valence-corrected chi connectivity index (χ3v) is 3.79. The number of hydrogen-bond acceptors (Lipinski definition) is 6. The Balaban J connectivity index is 1.69. The smallest absolute Gasteiger partial charge is 0.185 e. The molecular formula is C16H16N8. The molecule has 8 nitrogen and oxygen atoms in total. The Morgan fingerprint density at radius 2 is 1.83 bits per heavy atom.